The van der Waals surface area contributed by atoms with Gasteiger partial charge in [-0.2, -0.15) is 0 Å². The zero-order valence-corrected chi connectivity index (χ0v) is 11.7. The maximum atomic E-state index is 11.9. The minimum absolute atomic E-state index is 0.0236. The first kappa shape index (κ1) is 14.5. The van der Waals surface area contributed by atoms with Crippen LogP contribution in [0.3, 0.4) is 0 Å². The van der Waals surface area contributed by atoms with Crippen molar-refractivity contribution in [3.05, 3.63) is 59.9 Å². The number of phenolic OH excluding ortho intramolecular Hbond substituents is 1. The molecule has 0 aliphatic carbocycles. The van der Waals surface area contributed by atoms with Gasteiger partial charge < -0.3 is 5.11 Å². The Morgan fingerprint density at radius 2 is 1.85 bits per heavy atom. The van der Waals surface area contributed by atoms with Gasteiger partial charge in [-0.15, -0.1) is 0 Å². The van der Waals surface area contributed by atoms with Crippen molar-refractivity contribution in [3.63, 3.8) is 0 Å². The Kier molecular flexibility index (Phi) is 4.70. The standard InChI is InChI=1S/C14H16N2O3S/c17-14-3-1-2-13(10-14)11-16-20(18,19)9-6-12-4-7-15-8-5-12/h1-5,7-8,10,16-17H,6,9,11H2. The molecule has 0 spiro atoms. The minimum Gasteiger partial charge on any atom is -0.508 e. The Balaban J connectivity index is 1.88. The first-order valence-electron chi connectivity index (χ1n) is 6.19. The molecule has 0 aliphatic heterocycles. The second-order valence-electron chi connectivity index (χ2n) is 4.42. The van der Waals surface area contributed by atoms with Crippen molar-refractivity contribution in [1.29, 1.82) is 0 Å². The molecular formula is C14H16N2O3S. The molecule has 0 unspecified atom stereocenters. The van der Waals surface area contributed by atoms with Gasteiger partial charge in [0, 0.05) is 18.9 Å². The van der Waals surface area contributed by atoms with Crippen LogP contribution in [0.1, 0.15) is 11.1 Å². The third kappa shape index (κ3) is 4.64. The number of hydrogen-bond acceptors (Lipinski definition) is 4. The summed E-state index contributed by atoms with van der Waals surface area (Å²) in [6.45, 7) is 0.174. The number of nitrogens with one attached hydrogen (secondary N) is 1. The molecule has 0 saturated heterocycles. The zero-order valence-electron chi connectivity index (χ0n) is 10.9. The summed E-state index contributed by atoms with van der Waals surface area (Å²) >= 11 is 0. The molecule has 6 heteroatoms. The van der Waals surface area contributed by atoms with E-state index in [1.807, 2.05) is 0 Å². The SMILES string of the molecule is O=S(=O)(CCc1ccncc1)NCc1cccc(O)c1. The summed E-state index contributed by atoms with van der Waals surface area (Å²) in [5.41, 5.74) is 1.65. The number of pyridine rings is 1. The van der Waals surface area contributed by atoms with Gasteiger partial charge >= 0.3 is 0 Å². The van der Waals surface area contributed by atoms with E-state index in [-0.39, 0.29) is 18.0 Å². The number of sulfonamides is 1. The lowest BCUT2D eigenvalue weighted by molar-refractivity contribution is 0.474. The van der Waals surface area contributed by atoms with Crippen LogP contribution < -0.4 is 4.72 Å². The Labute approximate surface area is 118 Å². The summed E-state index contributed by atoms with van der Waals surface area (Å²) in [4.78, 5) is 3.89. The van der Waals surface area contributed by atoms with Gasteiger partial charge in [-0.05, 0) is 41.8 Å². The van der Waals surface area contributed by atoms with Crippen molar-refractivity contribution in [2.75, 3.05) is 5.75 Å². The number of hydrogen-bond donors (Lipinski definition) is 2. The van der Waals surface area contributed by atoms with Gasteiger partial charge in [-0.1, -0.05) is 12.1 Å². The van der Waals surface area contributed by atoms with Gasteiger partial charge in [0.2, 0.25) is 10.0 Å². The highest BCUT2D eigenvalue weighted by atomic mass is 32.2. The van der Waals surface area contributed by atoms with E-state index in [2.05, 4.69) is 9.71 Å². The number of benzene rings is 1. The molecule has 20 heavy (non-hydrogen) atoms. The molecular weight excluding hydrogens is 276 g/mol. The van der Waals surface area contributed by atoms with Gasteiger partial charge in [0.15, 0.2) is 0 Å². The predicted molar refractivity (Wildman–Crippen MR) is 76.7 cm³/mol. The highest BCUT2D eigenvalue weighted by Crippen LogP contribution is 2.10. The molecule has 5 nitrogen and oxygen atoms in total. The lowest BCUT2D eigenvalue weighted by Crippen LogP contribution is -2.26. The largest absolute Gasteiger partial charge is 0.508 e. The van der Waals surface area contributed by atoms with Crippen LogP contribution in [0.2, 0.25) is 0 Å². The van der Waals surface area contributed by atoms with Crippen molar-refractivity contribution in [2.24, 2.45) is 0 Å². The number of phenols is 1. The van der Waals surface area contributed by atoms with Crippen molar-refractivity contribution in [3.8, 4) is 5.75 Å². The maximum absolute atomic E-state index is 11.9. The number of rotatable bonds is 6. The summed E-state index contributed by atoms with van der Waals surface area (Å²) < 4.78 is 26.3. The van der Waals surface area contributed by atoms with Gasteiger partial charge in [-0.3, -0.25) is 4.98 Å². The van der Waals surface area contributed by atoms with Crippen LogP contribution in [0.15, 0.2) is 48.8 Å². The summed E-state index contributed by atoms with van der Waals surface area (Å²) in [6.07, 6.45) is 3.72. The molecule has 0 aliphatic rings. The lowest BCUT2D eigenvalue weighted by Gasteiger charge is -2.07. The van der Waals surface area contributed by atoms with Crippen LogP contribution in [-0.4, -0.2) is 24.3 Å². The molecule has 0 bridgehead atoms. The molecule has 1 aromatic carbocycles. The summed E-state index contributed by atoms with van der Waals surface area (Å²) in [6, 6.07) is 10.1. The molecule has 0 fully saturated rings. The van der Waals surface area contributed by atoms with E-state index in [0.29, 0.717) is 6.42 Å². The van der Waals surface area contributed by atoms with Gasteiger partial charge in [0.1, 0.15) is 5.75 Å². The molecule has 2 N–H and O–H groups in total. The van der Waals surface area contributed by atoms with Crippen LogP contribution in [0.5, 0.6) is 5.75 Å². The molecule has 0 radical (unpaired) electrons. The summed E-state index contributed by atoms with van der Waals surface area (Å²) in [7, 11) is -3.34. The average Bonchev–Trinajstić information content (AvgIpc) is 2.45. The second kappa shape index (κ2) is 6.49. The molecule has 0 saturated carbocycles. The van der Waals surface area contributed by atoms with E-state index >= 15 is 0 Å². The van der Waals surface area contributed by atoms with E-state index in [9.17, 15) is 13.5 Å². The van der Waals surface area contributed by atoms with E-state index < -0.39 is 10.0 Å². The molecule has 2 rings (SSSR count). The molecule has 0 atom stereocenters. The van der Waals surface area contributed by atoms with Crippen molar-refractivity contribution < 1.29 is 13.5 Å². The first-order valence-corrected chi connectivity index (χ1v) is 7.84. The number of aryl methyl sites for hydroxylation is 1. The Bertz CT molecular complexity index is 657. The molecule has 2 aromatic rings. The molecule has 0 amide bonds. The minimum atomic E-state index is -3.34. The topological polar surface area (TPSA) is 79.3 Å². The van der Waals surface area contributed by atoms with Crippen molar-refractivity contribution in [2.45, 2.75) is 13.0 Å². The quantitative estimate of drug-likeness (QED) is 0.844. The zero-order chi connectivity index (χ0) is 14.4. The van der Waals surface area contributed by atoms with E-state index in [1.165, 1.54) is 6.07 Å². The van der Waals surface area contributed by atoms with Gasteiger partial charge in [0.25, 0.3) is 0 Å². The fraction of sp³-hybridized carbons (Fsp3) is 0.214. The van der Waals surface area contributed by atoms with Crippen LogP contribution in [0.25, 0.3) is 0 Å². The van der Waals surface area contributed by atoms with Crippen LogP contribution in [0.4, 0.5) is 0 Å². The highest BCUT2D eigenvalue weighted by molar-refractivity contribution is 7.89. The fourth-order valence-corrected chi connectivity index (χ4v) is 2.77. The summed E-state index contributed by atoms with van der Waals surface area (Å²) in [5, 5.41) is 9.31. The third-order valence-corrected chi connectivity index (χ3v) is 4.14. The maximum Gasteiger partial charge on any atom is 0.212 e. The number of aromatic hydroxyl groups is 1. The first-order chi connectivity index (χ1) is 9.55. The smallest absolute Gasteiger partial charge is 0.212 e. The Morgan fingerprint density at radius 3 is 2.55 bits per heavy atom. The highest BCUT2D eigenvalue weighted by Gasteiger charge is 2.10. The van der Waals surface area contributed by atoms with Crippen LogP contribution in [0, 0.1) is 0 Å². The number of aromatic nitrogens is 1. The Morgan fingerprint density at radius 1 is 1.10 bits per heavy atom. The molecule has 106 valence electrons. The summed E-state index contributed by atoms with van der Waals surface area (Å²) in [5.74, 6) is 0.147. The Hall–Kier alpha value is -1.92. The normalized spacial score (nSPS) is 11.4. The van der Waals surface area contributed by atoms with E-state index in [1.54, 1.807) is 42.7 Å². The third-order valence-electron chi connectivity index (χ3n) is 2.82. The van der Waals surface area contributed by atoms with E-state index in [0.717, 1.165) is 11.1 Å². The average molecular weight is 292 g/mol. The van der Waals surface area contributed by atoms with Crippen molar-refractivity contribution in [1.82, 2.24) is 9.71 Å². The molecule has 1 aromatic heterocycles. The van der Waals surface area contributed by atoms with E-state index in [4.69, 9.17) is 0 Å². The van der Waals surface area contributed by atoms with Gasteiger partial charge in [-0.25, -0.2) is 13.1 Å². The number of nitrogens with zero attached hydrogens (tertiary/aromatic N) is 1. The second-order valence-corrected chi connectivity index (χ2v) is 6.34. The van der Waals surface area contributed by atoms with Gasteiger partial charge in [0.05, 0.1) is 5.75 Å². The monoisotopic (exact) mass is 292 g/mol. The molecule has 1 heterocycles. The van der Waals surface area contributed by atoms with Crippen molar-refractivity contribution >= 4 is 10.0 Å². The lowest BCUT2D eigenvalue weighted by atomic mass is 10.2. The van der Waals surface area contributed by atoms with Crippen LogP contribution in [-0.2, 0) is 23.0 Å². The fourth-order valence-electron chi connectivity index (χ4n) is 1.73. The predicted octanol–water partition coefficient (Wildman–Crippen LogP) is 1.45. The van der Waals surface area contributed by atoms with Crippen LogP contribution >= 0.6 is 0 Å².